The molecule has 0 aliphatic heterocycles. The van der Waals surface area contributed by atoms with E-state index in [4.69, 9.17) is 0 Å². The Hall–Kier alpha value is -2.34. The van der Waals surface area contributed by atoms with Gasteiger partial charge in [-0.1, -0.05) is 19.1 Å². The summed E-state index contributed by atoms with van der Waals surface area (Å²) in [7, 11) is -3.63. The molecule has 1 aliphatic carbocycles. The standard InChI is InChI=1S/C18H20N2O3S/c1-2-13-3-11-17(12-4-13)24(22,23)20-16-7-5-14(6-8-16)18(21)19-15-9-10-15/h3-8,11-12,15,20H,2,9-10H2,1H3,(H,19,21). The summed E-state index contributed by atoms with van der Waals surface area (Å²) in [5.74, 6) is -0.123. The van der Waals surface area contributed by atoms with Gasteiger partial charge in [0.05, 0.1) is 4.90 Å². The van der Waals surface area contributed by atoms with Crippen LogP contribution in [0, 0.1) is 0 Å². The number of amides is 1. The fraction of sp³-hybridized carbons (Fsp3) is 0.278. The van der Waals surface area contributed by atoms with Crippen LogP contribution in [0.5, 0.6) is 0 Å². The van der Waals surface area contributed by atoms with Crippen molar-refractivity contribution in [3.63, 3.8) is 0 Å². The number of sulfonamides is 1. The molecule has 2 aromatic rings. The van der Waals surface area contributed by atoms with Crippen LogP contribution in [0.25, 0.3) is 0 Å². The molecule has 1 saturated carbocycles. The van der Waals surface area contributed by atoms with Gasteiger partial charge in [0.1, 0.15) is 0 Å². The van der Waals surface area contributed by atoms with Gasteiger partial charge in [-0.3, -0.25) is 9.52 Å². The topological polar surface area (TPSA) is 75.3 Å². The molecule has 0 atom stereocenters. The summed E-state index contributed by atoms with van der Waals surface area (Å²) in [5.41, 5.74) is 2.04. The summed E-state index contributed by atoms with van der Waals surface area (Å²) in [6.45, 7) is 2.02. The Kier molecular flexibility index (Phi) is 4.57. The van der Waals surface area contributed by atoms with E-state index in [2.05, 4.69) is 10.0 Å². The Morgan fingerprint density at radius 3 is 2.21 bits per heavy atom. The number of carbonyl (C=O) groups is 1. The number of hydrogen-bond acceptors (Lipinski definition) is 3. The van der Waals surface area contributed by atoms with Gasteiger partial charge in [-0.2, -0.15) is 0 Å². The average molecular weight is 344 g/mol. The largest absolute Gasteiger partial charge is 0.349 e. The third-order valence-corrected chi connectivity index (χ3v) is 5.35. The lowest BCUT2D eigenvalue weighted by atomic mass is 10.2. The molecule has 0 aromatic heterocycles. The van der Waals surface area contributed by atoms with Crippen molar-refractivity contribution in [3.05, 3.63) is 59.7 Å². The molecule has 0 spiro atoms. The van der Waals surface area contributed by atoms with Crippen molar-refractivity contribution in [3.8, 4) is 0 Å². The fourth-order valence-electron chi connectivity index (χ4n) is 2.30. The molecular weight excluding hydrogens is 324 g/mol. The number of rotatable bonds is 6. The lowest BCUT2D eigenvalue weighted by Crippen LogP contribution is -2.25. The highest BCUT2D eigenvalue weighted by atomic mass is 32.2. The van der Waals surface area contributed by atoms with E-state index in [1.807, 2.05) is 6.92 Å². The molecule has 0 radical (unpaired) electrons. The number of anilines is 1. The molecule has 0 saturated heterocycles. The SMILES string of the molecule is CCc1ccc(S(=O)(=O)Nc2ccc(C(=O)NC3CC3)cc2)cc1. The van der Waals surface area contributed by atoms with Crippen LogP contribution in [0.15, 0.2) is 53.4 Å². The van der Waals surface area contributed by atoms with Gasteiger partial charge < -0.3 is 5.32 Å². The first kappa shape index (κ1) is 16.5. The van der Waals surface area contributed by atoms with Crippen LogP contribution in [-0.4, -0.2) is 20.4 Å². The molecule has 1 aliphatic rings. The first-order chi connectivity index (χ1) is 11.5. The van der Waals surface area contributed by atoms with Gasteiger partial charge in [-0.05, 0) is 61.2 Å². The molecule has 1 amide bonds. The zero-order valence-electron chi connectivity index (χ0n) is 13.5. The molecule has 2 aromatic carbocycles. The van der Waals surface area contributed by atoms with Crippen molar-refractivity contribution in [1.29, 1.82) is 0 Å². The second-order valence-electron chi connectivity index (χ2n) is 5.93. The summed E-state index contributed by atoms with van der Waals surface area (Å²) in [4.78, 5) is 12.1. The highest BCUT2D eigenvalue weighted by Crippen LogP contribution is 2.20. The minimum Gasteiger partial charge on any atom is -0.349 e. The highest BCUT2D eigenvalue weighted by molar-refractivity contribution is 7.92. The van der Waals surface area contributed by atoms with E-state index in [1.54, 1.807) is 48.5 Å². The summed E-state index contributed by atoms with van der Waals surface area (Å²) < 4.78 is 27.3. The number of nitrogens with one attached hydrogen (secondary N) is 2. The maximum absolute atomic E-state index is 12.4. The molecule has 5 nitrogen and oxygen atoms in total. The van der Waals surface area contributed by atoms with E-state index in [0.717, 1.165) is 24.8 Å². The molecule has 1 fully saturated rings. The van der Waals surface area contributed by atoms with Gasteiger partial charge in [0.15, 0.2) is 0 Å². The Morgan fingerprint density at radius 2 is 1.67 bits per heavy atom. The van der Waals surface area contributed by atoms with Crippen LogP contribution >= 0.6 is 0 Å². The molecule has 24 heavy (non-hydrogen) atoms. The van der Waals surface area contributed by atoms with Crippen molar-refractivity contribution >= 4 is 21.6 Å². The lowest BCUT2D eigenvalue weighted by Gasteiger charge is -2.09. The molecule has 0 heterocycles. The van der Waals surface area contributed by atoms with Gasteiger partial charge in [-0.15, -0.1) is 0 Å². The first-order valence-corrected chi connectivity index (χ1v) is 9.49. The number of carbonyl (C=O) groups excluding carboxylic acids is 1. The second-order valence-corrected chi connectivity index (χ2v) is 7.61. The van der Waals surface area contributed by atoms with E-state index in [-0.39, 0.29) is 10.8 Å². The van der Waals surface area contributed by atoms with Crippen LogP contribution < -0.4 is 10.0 Å². The van der Waals surface area contributed by atoms with E-state index < -0.39 is 10.0 Å². The van der Waals surface area contributed by atoms with Gasteiger partial charge in [0.2, 0.25) is 0 Å². The zero-order valence-corrected chi connectivity index (χ0v) is 14.3. The van der Waals surface area contributed by atoms with Crippen molar-refractivity contribution < 1.29 is 13.2 Å². The minimum absolute atomic E-state index is 0.123. The van der Waals surface area contributed by atoms with Crippen molar-refractivity contribution in [2.45, 2.75) is 37.1 Å². The van der Waals surface area contributed by atoms with Crippen LogP contribution in [0.3, 0.4) is 0 Å². The molecule has 3 rings (SSSR count). The van der Waals surface area contributed by atoms with Gasteiger partial charge in [-0.25, -0.2) is 8.42 Å². The van der Waals surface area contributed by atoms with Crippen LogP contribution in [0.4, 0.5) is 5.69 Å². The minimum atomic E-state index is -3.63. The lowest BCUT2D eigenvalue weighted by molar-refractivity contribution is 0.0951. The average Bonchev–Trinajstić information content (AvgIpc) is 3.39. The Morgan fingerprint density at radius 1 is 1.04 bits per heavy atom. The molecular formula is C18H20N2O3S. The third kappa shape index (κ3) is 3.94. The van der Waals surface area contributed by atoms with Gasteiger partial charge in [0.25, 0.3) is 15.9 Å². The van der Waals surface area contributed by atoms with E-state index in [0.29, 0.717) is 17.3 Å². The predicted octanol–water partition coefficient (Wildman–Crippen LogP) is 2.94. The van der Waals surface area contributed by atoms with Crippen molar-refractivity contribution in [2.75, 3.05) is 4.72 Å². The number of hydrogen-bond donors (Lipinski definition) is 2. The molecule has 2 N–H and O–H groups in total. The fourth-order valence-corrected chi connectivity index (χ4v) is 3.36. The maximum atomic E-state index is 12.4. The molecule has 126 valence electrons. The highest BCUT2D eigenvalue weighted by Gasteiger charge is 2.23. The van der Waals surface area contributed by atoms with Crippen molar-refractivity contribution in [2.24, 2.45) is 0 Å². The van der Waals surface area contributed by atoms with Gasteiger partial charge in [0, 0.05) is 17.3 Å². The van der Waals surface area contributed by atoms with E-state index >= 15 is 0 Å². The first-order valence-electron chi connectivity index (χ1n) is 8.00. The number of aryl methyl sites for hydroxylation is 1. The monoisotopic (exact) mass is 344 g/mol. The second kappa shape index (κ2) is 6.65. The predicted molar refractivity (Wildman–Crippen MR) is 93.6 cm³/mol. The Bertz CT molecular complexity index is 824. The summed E-state index contributed by atoms with van der Waals surface area (Å²) in [5, 5.41) is 2.90. The summed E-state index contributed by atoms with van der Waals surface area (Å²) in [6, 6.07) is 13.5. The van der Waals surface area contributed by atoms with E-state index in [9.17, 15) is 13.2 Å². The van der Waals surface area contributed by atoms with E-state index in [1.165, 1.54) is 0 Å². The van der Waals surface area contributed by atoms with Crippen LogP contribution in [0.1, 0.15) is 35.7 Å². The summed E-state index contributed by atoms with van der Waals surface area (Å²) >= 11 is 0. The van der Waals surface area contributed by atoms with Gasteiger partial charge >= 0.3 is 0 Å². The number of benzene rings is 2. The van der Waals surface area contributed by atoms with Crippen molar-refractivity contribution in [1.82, 2.24) is 5.32 Å². The molecule has 6 heteroatoms. The molecule has 0 bridgehead atoms. The summed E-state index contributed by atoms with van der Waals surface area (Å²) in [6.07, 6.45) is 2.92. The molecule has 0 unspecified atom stereocenters. The van der Waals surface area contributed by atoms with Crippen LogP contribution in [0.2, 0.25) is 0 Å². The normalized spacial score (nSPS) is 14.2. The Labute approximate surface area is 142 Å². The third-order valence-electron chi connectivity index (χ3n) is 3.95. The smallest absolute Gasteiger partial charge is 0.261 e. The quantitative estimate of drug-likeness (QED) is 0.846. The zero-order chi connectivity index (χ0) is 17.2. The Balaban J connectivity index is 1.70. The van der Waals surface area contributed by atoms with Crippen LogP contribution in [-0.2, 0) is 16.4 Å². The maximum Gasteiger partial charge on any atom is 0.261 e.